The fourth-order valence-corrected chi connectivity index (χ4v) is 5.61. The number of ketones is 1. The number of benzene rings is 1. The monoisotopic (exact) mass is 490 g/mol. The lowest BCUT2D eigenvalue weighted by Gasteiger charge is -2.40. The van der Waals surface area contributed by atoms with Crippen molar-refractivity contribution in [3.8, 4) is 0 Å². The van der Waals surface area contributed by atoms with E-state index in [4.69, 9.17) is 19.6 Å². The van der Waals surface area contributed by atoms with Crippen LogP contribution in [0.5, 0.6) is 0 Å². The molecule has 2 N–H and O–H groups in total. The van der Waals surface area contributed by atoms with Crippen molar-refractivity contribution in [1.29, 1.82) is 0 Å². The highest BCUT2D eigenvalue weighted by Crippen LogP contribution is 2.57. The van der Waals surface area contributed by atoms with Gasteiger partial charge in [-0.15, -0.1) is 0 Å². The number of amides is 1. The second-order valence-corrected chi connectivity index (χ2v) is 9.81. The molecule has 1 aliphatic carbocycles. The van der Waals surface area contributed by atoms with Crippen molar-refractivity contribution in [3.63, 3.8) is 0 Å². The van der Waals surface area contributed by atoms with Gasteiger partial charge in [0.15, 0.2) is 5.78 Å². The minimum absolute atomic E-state index is 0.0824. The molecule has 0 unspecified atom stereocenters. The number of rotatable bonds is 6. The molecule has 2 atom stereocenters. The predicted molar refractivity (Wildman–Crippen MR) is 132 cm³/mol. The lowest BCUT2D eigenvalue weighted by Crippen LogP contribution is -2.51. The van der Waals surface area contributed by atoms with Crippen LogP contribution in [0.3, 0.4) is 0 Å². The van der Waals surface area contributed by atoms with E-state index >= 15 is 0 Å². The number of carbonyl (C=O) groups excluding carboxylic acids is 3. The van der Waals surface area contributed by atoms with Gasteiger partial charge >= 0.3 is 5.97 Å². The summed E-state index contributed by atoms with van der Waals surface area (Å²) in [6, 6.07) is 10.9. The Bertz CT molecular complexity index is 1290. The smallest absolute Gasteiger partial charge is 0.341 e. The van der Waals surface area contributed by atoms with Crippen LogP contribution in [-0.4, -0.2) is 30.8 Å². The zero-order chi connectivity index (χ0) is 25.6. The summed E-state index contributed by atoms with van der Waals surface area (Å²) < 4.78 is 16.9. The first-order valence-corrected chi connectivity index (χ1v) is 12.4. The highest BCUT2D eigenvalue weighted by molar-refractivity contribution is 6.23. The number of carbonyl (C=O) groups is 3. The minimum atomic E-state index is -1.72. The molecule has 8 heteroatoms. The van der Waals surface area contributed by atoms with Crippen molar-refractivity contribution in [1.82, 2.24) is 0 Å². The topological polar surface area (TPSA) is 112 Å². The largest absolute Gasteiger partial charge is 0.469 e. The normalized spacial score (nSPS) is 23.3. The van der Waals surface area contributed by atoms with Crippen LogP contribution in [0.4, 0.5) is 5.69 Å². The maximum absolute atomic E-state index is 14.5. The standard InChI is InChI=1S/C28H30N2O6/c1-4-34-26(32)24-25(29)36-22-15-17(21-10-7-13-35-21)14-20(31)23(22)28(24)18-8-5-6-9-19(18)30(27(28)33)12-11-16(2)3/h5-10,13,16-17H,4,11-12,14-15,29H2,1-3H3/t17-,28+/m1/s1. The van der Waals surface area contributed by atoms with Gasteiger partial charge in [0.2, 0.25) is 11.8 Å². The van der Waals surface area contributed by atoms with Crippen molar-refractivity contribution < 1.29 is 28.3 Å². The number of Topliss-reactive ketones (excluding diaryl/α,β-unsaturated/α-hetero) is 1. The molecule has 2 aliphatic heterocycles. The SMILES string of the molecule is CCOC(=O)C1=C(N)OC2=C(C(=O)C[C@@H](c3ccco3)C2)[C@]12C(=O)N(CCC(C)C)c1ccccc12. The predicted octanol–water partition coefficient (Wildman–Crippen LogP) is 4.07. The molecule has 1 aromatic heterocycles. The van der Waals surface area contributed by atoms with Gasteiger partial charge in [0.1, 0.15) is 22.5 Å². The maximum Gasteiger partial charge on any atom is 0.341 e. The zero-order valence-electron chi connectivity index (χ0n) is 20.7. The van der Waals surface area contributed by atoms with Crippen LogP contribution >= 0.6 is 0 Å². The highest BCUT2D eigenvalue weighted by atomic mass is 16.5. The molecule has 1 spiro atoms. The Balaban J connectivity index is 1.74. The Morgan fingerprint density at radius 2 is 1.97 bits per heavy atom. The number of anilines is 1. The maximum atomic E-state index is 14.5. The number of nitrogens with two attached hydrogens (primary N) is 1. The molecule has 0 fully saturated rings. The van der Waals surface area contributed by atoms with E-state index in [9.17, 15) is 14.4 Å². The molecular weight excluding hydrogens is 460 g/mol. The molecule has 2 aromatic rings. The first kappa shape index (κ1) is 23.9. The summed E-state index contributed by atoms with van der Waals surface area (Å²) in [5.41, 5.74) is 5.92. The van der Waals surface area contributed by atoms with Crippen LogP contribution in [0.2, 0.25) is 0 Å². The first-order chi connectivity index (χ1) is 17.3. The third-order valence-electron chi connectivity index (χ3n) is 7.17. The summed E-state index contributed by atoms with van der Waals surface area (Å²) >= 11 is 0. The molecule has 1 amide bonds. The number of para-hydroxylation sites is 1. The van der Waals surface area contributed by atoms with Gasteiger partial charge in [-0.05, 0) is 37.5 Å². The van der Waals surface area contributed by atoms with E-state index in [1.807, 2.05) is 18.2 Å². The number of ether oxygens (including phenoxy) is 2. The van der Waals surface area contributed by atoms with Crippen LogP contribution < -0.4 is 10.6 Å². The Morgan fingerprint density at radius 3 is 2.67 bits per heavy atom. The van der Waals surface area contributed by atoms with Gasteiger partial charge in [-0.2, -0.15) is 0 Å². The Labute approximate surface area is 209 Å². The van der Waals surface area contributed by atoms with Crippen molar-refractivity contribution in [3.05, 3.63) is 76.8 Å². The number of allylic oxidation sites excluding steroid dienone is 1. The second-order valence-electron chi connectivity index (χ2n) is 9.81. The van der Waals surface area contributed by atoms with Gasteiger partial charge in [0.25, 0.3) is 0 Å². The van der Waals surface area contributed by atoms with E-state index in [2.05, 4.69) is 13.8 Å². The number of nitrogens with zero attached hydrogens (tertiary/aromatic N) is 1. The quantitative estimate of drug-likeness (QED) is 0.608. The summed E-state index contributed by atoms with van der Waals surface area (Å²) in [7, 11) is 0. The van der Waals surface area contributed by atoms with Crippen LogP contribution in [0.1, 0.15) is 57.3 Å². The van der Waals surface area contributed by atoms with Crippen LogP contribution in [0, 0.1) is 5.92 Å². The molecule has 188 valence electrons. The lowest BCUT2D eigenvalue weighted by atomic mass is 9.63. The van der Waals surface area contributed by atoms with Gasteiger partial charge in [0.05, 0.1) is 18.4 Å². The average molecular weight is 491 g/mol. The highest BCUT2D eigenvalue weighted by Gasteiger charge is 2.64. The van der Waals surface area contributed by atoms with E-state index in [-0.39, 0.29) is 47.7 Å². The van der Waals surface area contributed by atoms with E-state index in [0.29, 0.717) is 41.7 Å². The molecule has 1 aromatic carbocycles. The fraction of sp³-hybridized carbons (Fsp3) is 0.393. The van der Waals surface area contributed by atoms with Crippen LogP contribution in [-0.2, 0) is 29.3 Å². The third-order valence-corrected chi connectivity index (χ3v) is 7.17. The molecule has 3 aliphatic rings. The molecular formula is C28H30N2O6. The molecule has 3 heterocycles. The second kappa shape index (κ2) is 9.00. The molecule has 5 rings (SSSR count). The van der Waals surface area contributed by atoms with Crippen molar-refractivity contribution in [2.75, 3.05) is 18.1 Å². The average Bonchev–Trinajstić information content (AvgIpc) is 3.45. The van der Waals surface area contributed by atoms with Gasteiger partial charge < -0.3 is 24.5 Å². The Morgan fingerprint density at radius 1 is 1.19 bits per heavy atom. The first-order valence-electron chi connectivity index (χ1n) is 12.4. The minimum Gasteiger partial charge on any atom is -0.469 e. The molecule has 36 heavy (non-hydrogen) atoms. The third kappa shape index (κ3) is 3.46. The number of hydrogen-bond donors (Lipinski definition) is 1. The molecule has 8 nitrogen and oxygen atoms in total. The summed E-state index contributed by atoms with van der Waals surface area (Å²) in [4.78, 5) is 43.4. The van der Waals surface area contributed by atoms with E-state index in [1.165, 1.54) is 0 Å². The Hall–Kier alpha value is -3.81. The summed E-state index contributed by atoms with van der Waals surface area (Å²) in [5.74, 6) is -0.595. The van der Waals surface area contributed by atoms with Crippen molar-refractivity contribution in [2.24, 2.45) is 11.7 Å². The number of furan rings is 1. The molecule has 0 radical (unpaired) electrons. The van der Waals surface area contributed by atoms with Gasteiger partial charge in [-0.25, -0.2) is 4.79 Å². The number of fused-ring (bicyclic) bond motifs is 3. The van der Waals surface area contributed by atoms with Crippen molar-refractivity contribution in [2.45, 2.75) is 51.4 Å². The van der Waals surface area contributed by atoms with Crippen LogP contribution in [0.15, 0.2) is 69.9 Å². The van der Waals surface area contributed by atoms with Crippen molar-refractivity contribution >= 4 is 23.3 Å². The fourth-order valence-electron chi connectivity index (χ4n) is 5.61. The molecule has 0 saturated heterocycles. The van der Waals surface area contributed by atoms with E-state index < -0.39 is 11.4 Å². The van der Waals surface area contributed by atoms with Gasteiger partial charge in [0, 0.05) is 36.6 Å². The Kier molecular flexibility index (Phi) is 5.98. The summed E-state index contributed by atoms with van der Waals surface area (Å²) in [5, 5.41) is 0. The summed E-state index contributed by atoms with van der Waals surface area (Å²) in [6.45, 7) is 6.36. The molecule has 0 bridgehead atoms. The molecule has 0 saturated carbocycles. The number of hydrogen-bond acceptors (Lipinski definition) is 7. The lowest BCUT2D eigenvalue weighted by molar-refractivity contribution is -0.141. The van der Waals surface area contributed by atoms with Gasteiger partial charge in [-0.1, -0.05) is 32.0 Å². The van der Waals surface area contributed by atoms with E-state index in [1.54, 1.807) is 36.3 Å². The summed E-state index contributed by atoms with van der Waals surface area (Å²) in [6.07, 6.45) is 2.74. The zero-order valence-corrected chi connectivity index (χ0v) is 20.7. The number of esters is 1. The van der Waals surface area contributed by atoms with Crippen LogP contribution in [0.25, 0.3) is 0 Å². The van der Waals surface area contributed by atoms with Gasteiger partial charge in [-0.3, -0.25) is 9.59 Å². The van der Waals surface area contributed by atoms with E-state index in [0.717, 1.165) is 6.42 Å².